The van der Waals surface area contributed by atoms with Crippen molar-refractivity contribution in [2.24, 2.45) is 0 Å². The maximum atomic E-state index is 6.16. The fourth-order valence-electron chi connectivity index (χ4n) is 5.86. The molecule has 0 aliphatic carbocycles. The summed E-state index contributed by atoms with van der Waals surface area (Å²) in [5.41, 5.74) is 8.00. The van der Waals surface area contributed by atoms with Crippen LogP contribution in [0, 0.1) is 13.8 Å². The van der Waals surface area contributed by atoms with Crippen molar-refractivity contribution in [3.63, 3.8) is 0 Å². The molecule has 0 bridgehead atoms. The summed E-state index contributed by atoms with van der Waals surface area (Å²) in [5, 5.41) is 29.3. The Bertz CT molecular complexity index is 2240. The van der Waals surface area contributed by atoms with Gasteiger partial charge in [0.2, 0.25) is 0 Å². The number of nitrogens with zero attached hydrogens (tertiary/aromatic N) is 4. The molecule has 8 rings (SSSR count). The van der Waals surface area contributed by atoms with Crippen LogP contribution in [0.25, 0.3) is 44.1 Å². The summed E-state index contributed by atoms with van der Waals surface area (Å²) in [6, 6.07) is 48.7. The highest BCUT2D eigenvalue weighted by atomic mass is 16.5. The van der Waals surface area contributed by atoms with Crippen LogP contribution < -0.4 is 15.4 Å². The summed E-state index contributed by atoms with van der Waals surface area (Å²) in [4.78, 5) is 0. The summed E-state index contributed by atoms with van der Waals surface area (Å²) in [6.07, 6.45) is 0. The molecule has 236 valence electrons. The van der Waals surface area contributed by atoms with Crippen LogP contribution in [0.5, 0.6) is 11.5 Å². The molecule has 0 saturated carbocycles. The number of hydrogen-bond acceptors (Lipinski definition) is 7. The molecule has 7 heteroatoms. The minimum Gasteiger partial charge on any atom is -0.457 e. The lowest BCUT2D eigenvalue weighted by Crippen LogP contribution is -1.99. The molecular weight excluding hydrogens is 605 g/mol. The molecule has 2 N–H and O–H groups in total. The molecule has 0 unspecified atom stereocenters. The highest BCUT2D eigenvalue weighted by Crippen LogP contribution is 2.34. The maximum Gasteiger partial charge on any atom is 0.161 e. The minimum atomic E-state index is 0.700. The predicted octanol–water partition coefficient (Wildman–Crippen LogP) is 10.8. The lowest BCUT2D eigenvalue weighted by atomic mass is 10.0. The molecule has 0 atom stereocenters. The van der Waals surface area contributed by atoms with Crippen molar-refractivity contribution in [3.8, 4) is 34.0 Å². The molecule has 0 aliphatic rings. The maximum absolute atomic E-state index is 6.16. The van der Waals surface area contributed by atoms with E-state index in [-0.39, 0.29) is 0 Å². The van der Waals surface area contributed by atoms with E-state index in [1.54, 1.807) is 0 Å². The number of nitrogens with one attached hydrogen (secondary N) is 2. The smallest absolute Gasteiger partial charge is 0.161 e. The second-order valence-electron chi connectivity index (χ2n) is 12.0. The quantitative estimate of drug-likeness (QED) is 0.172. The number of aromatic nitrogens is 4. The van der Waals surface area contributed by atoms with Gasteiger partial charge in [-0.15, -0.1) is 20.4 Å². The number of benzene rings is 6. The minimum absolute atomic E-state index is 0.700. The van der Waals surface area contributed by atoms with Gasteiger partial charge in [0.15, 0.2) is 11.6 Å². The van der Waals surface area contributed by atoms with Crippen molar-refractivity contribution in [2.45, 2.75) is 13.8 Å². The molecule has 2 aromatic heterocycles. The normalized spacial score (nSPS) is 11.1. The van der Waals surface area contributed by atoms with Crippen molar-refractivity contribution >= 4 is 44.6 Å². The van der Waals surface area contributed by atoms with Gasteiger partial charge in [-0.1, -0.05) is 108 Å². The van der Waals surface area contributed by atoms with E-state index in [1.165, 1.54) is 11.1 Å². The van der Waals surface area contributed by atoms with E-state index >= 15 is 0 Å². The first-order valence-corrected chi connectivity index (χ1v) is 16.1. The summed E-state index contributed by atoms with van der Waals surface area (Å²) < 4.78 is 6.16. The zero-order valence-electron chi connectivity index (χ0n) is 27.1. The van der Waals surface area contributed by atoms with Crippen LogP contribution >= 0.6 is 0 Å². The van der Waals surface area contributed by atoms with Crippen LogP contribution in [0.1, 0.15) is 11.1 Å². The topological polar surface area (TPSA) is 84.9 Å². The fraction of sp³-hybridized carbons (Fsp3) is 0.0476. The van der Waals surface area contributed by atoms with Crippen LogP contribution in [0.3, 0.4) is 0 Å². The first kappa shape index (κ1) is 29.8. The van der Waals surface area contributed by atoms with Crippen LogP contribution in [0.15, 0.2) is 146 Å². The third-order valence-corrected chi connectivity index (χ3v) is 8.49. The monoisotopic (exact) mass is 636 g/mol. The van der Waals surface area contributed by atoms with Crippen molar-refractivity contribution in [1.29, 1.82) is 0 Å². The zero-order valence-corrected chi connectivity index (χ0v) is 27.1. The largest absolute Gasteiger partial charge is 0.457 e. The lowest BCUT2D eigenvalue weighted by Gasteiger charge is -2.13. The van der Waals surface area contributed by atoms with Gasteiger partial charge >= 0.3 is 0 Å². The van der Waals surface area contributed by atoms with Crippen LogP contribution in [0.4, 0.5) is 23.0 Å². The van der Waals surface area contributed by atoms with Gasteiger partial charge in [0, 0.05) is 44.0 Å². The number of fused-ring (bicyclic) bond motifs is 2. The molecule has 0 spiro atoms. The molecule has 2 heterocycles. The van der Waals surface area contributed by atoms with E-state index in [2.05, 4.69) is 118 Å². The first-order chi connectivity index (χ1) is 24.1. The average molecular weight is 637 g/mol. The number of hydrogen-bond donors (Lipinski definition) is 2. The Hall–Kier alpha value is -6.60. The van der Waals surface area contributed by atoms with Gasteiger partial charge in [0.25, 0.3) is 0 Å². The molecule has 7 nitrogen and oxygen atoms in total. The van der Waals surface area contributed by atoms with Crippen molar-refractivity contribution < 1.29 is 4.74 Å². The Morgan fingerprint density at radius 2 is 0.755 bits per heavy atom. The lowest BCUT2D eigenvalue weighted by molar-refractivity contribution is 0.483. The van der Waals surface area contributed by atoms with Crippen LogP contribution in [-0.2, 0) is 0 Å². The van der Waals surface area contributed by atoms with Crippen LogP contribution in [-0.4, -0.2) is 20.4 Å². The second kappa shape index (κ2) is 12.9. The summed E-state index contributed by atoms with van der Waals surface area (Å²) >= 11 is 0. The second-order valence-corrected chi connectivity index (χ2v) is 12.0. The summed E-state index contributed by atoms with van der Waals surface area (Å²) in [5.74, 6) is 2.84. The van der Waals surface area contributed by atoms with E-state index in [0.29, 0.717) is 11.6 Å². The van der Waals surface area contributed by atoms with Crippen LogP contribution in [0.2, 0.25) is 0 Å². The van der Waals surface area contributed by atoms with E-state index in [4.69, 9.17) is 4.74 Å². The standard InChI is InChI=1S/C42H32N6O/c1-27-11-15-29(16-12-27)39-35-7-3-5-9-37(35)41(47-45-39)43-31-19-23-33(24-20-31)49-34-25-21-32(22-26-34)44-42-38-10-6-4-8-36(38)40(46-48-42)30-17-13-28(2)14-18-30/h3-26H,1-2H3,(H,43,47)(H,44,48). The van der Waals surface area contributed by atoms with Gasteiger partial charge in [-0.3, -0.25) is 0 Å². The molecule has 0 aliphatic heterocycles. The Labute approximate surface area is 284 Å². The average Bonchev–Trinajstić information content (AvgIpc) is 3.14. The Morgan fingerprint density at radius 1 is 0.388 bits per heavy atom. The molecule has 0 fully saturated rings. The highest BCUT2D eigenvalue weighted by Gasteiger charge is 2.13. The molecular formula is C42H32N6O. The van der Waals surface area contributed by atoms with Gasteiger partial charge in [0.05, 0.1) is 0 Å². The third-order valence-electron chi connectivity index (χ3n) is 8.49. The number of ether oxygens (including phenoxy) is 1. The third kappa shape index (κ3) is 6.25. The Morgan fingerprint density at radius 3 is 1.14 bits per heavy atom. The van der Waals surface area contributed by atoms with E-state index in [9.17, 15) is 0 Å². The highest BCUT2D eigenvalue weighted by molar-refractivity contribution is 6.02. The number of rotatable bonds is 8. The molecule has 0 radical (unpaired) electrons. The van der Waals surface area contributed by atoms with Crippen molar-refractivity contribution in [3.05, 3.63) is 157 Å². The molecule has 49 heavy (non-hydrogen) atoms. The van der Waals surface area contributed by atoms with Gasteiger partial charge < -0.3 is 15.4 Å². The zero-order chi connectivity index (χ0) is 33.2. The Kier molecular flexibility index (Phi) is 7.83. The molecule has 8 aromatic rings. The van der Waals surface area contributed by atoms with E-state index in [1.807, 2.05) is 72.8 Å². The van der Waals surface area contributed by atoms with Crippen molar-refractivity contribution in [2.75, 3.05) is 10.6 Å². The molecule has 0 saturated heterocycles. The first-order valence-electron chi connectivity index (χ1n) is 16.1. The number of aryl methyl sites for hydroxylation is 2. The summed E-state index contributed by atoms with van der Waals surface area (Å²) in [7, 11) is 0. The van der Waals surface area contributed by atoms with E-state index < -0.39 is 0 Å². The number of anilines is 4. The van der Waals surface area contributed by atoms with Gasteiger partial charge in [-0.2, -0.15) is 0 Å². The Balaban J connectivity index is 0.959. The van der Waals surface area contributed by atoms with Gasteiger partial charge in [-0.05, 0) is 62.4 Å². The van der Waals surface area contributed by atoms with Gasteiger partial charge in [-0.25, -0.2) is 0 Å². The van der Waals surface area contributed by atoms with Gasteiger partial charge in [0.1, 0.15) is 22.9 Å². The summed E-state index contributed by atoms with van der Waals surface area (Å²) in [6.45, 7) is 4.16. The predicted molar refractivity (Wildman–Crippen MR) is 199 cm³/mol. The molecule has 0 amide bonds. The molecule has 6 aromatic carbocycles. The van der Waals surface area contributed by atoms with Crippen molar-refractivity contribution in [1.82, 2.24) is 20.4 Å². The SMILES string of the molecule is Cc1ccc(-c2nnc(Nc3ccc(Oc4ccc(Nc5nnc(-c6ccc(C)cc6)c6ccccc56)cc4)cc3)c3ccccc23)cc1. The fourth-order valence-corrected chi connectivity index (χ4v) is 5.86. The van der Waals surface area contributed by atoms with E-state index in [0.717, 1.165) is 66.9 Å².